The van der Waals surface area contributed by atoms with E-state index in [1.165, 1.54) is 18.2 Å². The average Bonchev–Trinajstić information content (AvgIpc) is 3.34. The van der Waals surface area contributed by atoms with Gasteiger partial charge in [-0.2, -0.15) is 13.2 Å². The maximum atomic E-state index is 12.8. The van der Waals surface area contributed by atoms with Crippen molar-refractivity contribution in [3.05, 3.63) is 64.5 Å². The Balaban J connectivity index is 1.58. The zero-order valence-electron chi connectivity index (χ0n) is 17.4. The molecular formula is C23H24F3NO4. The third kappa shape index (κ3) is 5.85. The Labute approximate surface area is 178 Å². The lowest BCUT2D eigenvalue weighted by atomic mass is 10.1. The largest absolute Gasteiger partial charge is 0.454 e. The maximum Gasteiger partial charge on any atom is 0.416 e. The molecule has 1 aliphatic rings. The first-order chi connectivity index (χ1) is 14.6. The molecule has 0 aliphatic carbocycles. The molecule has 31 heavy (non-hydrogen) atoms. The first-order valence-electron chi connectivity index (χ1n) is 9.99. The minimum atomic E-state index is -4.47. The fraction of sp³-hybridized carbons (Fsp3) is 0.391. The van der Waals surface area contributed by atoms with E-state index in [2.05, 4.69) is 0 Å². The minimum absolute atomic E-state index is 0.131. The van der Waals surface area contributed by atoms with E-state index in [0.717, 1.165) is 49.0 Å². The monoisotopic (exact) mass is 435 g/mol. The van der Waals surface area contributed by atoms with Crippen molar-refractivity contribution in [2.45, 2.75) is 45.5 Å². The molecule has 0 amide bonds. The molecule has 0 saturated carbocycles. The van der Waals surface area contributed by atoms with Crippen LogP contribution in [-0.4, -0.2) is 35.6 Å². The van der Waals surface area contributed by atoms with Gasteiger partial charge in [0.15, 0.2) is 6.61 Å². The van der Waals surface area contributed by atoms with Gasteiger partial charge in [0.25, 0.3) is 0 Å². The quantitative estimate of drug-likeness (QED) is 0.358. The van der Waals surface area contributed by atoms with Crippen LogP contribution in [0.4, 0.5) is 13.2 Å². The normalized spacial score (nSPS) is 16.7. The van der Waals surface area contributed by atoms with Crippen LogP contribution in [0.25, 0.3) is 6.08 Å². The molecule has 1 atom stereocenters. The van der Waals surface area contributed by atoms with E-state index in [-0.39, 0.29) is 17.5 Å². The molecule has 2 heterocycles. The van der Waals surface area contributed by atoms with Gasteiger partial charge in [-0.15, -0.1) is 0 Å². The van der Waals surface area contributed by atoms with Crippen molar-refractivity contribution in [2.75, 3.05) is 13.2 Å². The highest BCUT2D eigenvalue weighted by Gasteiger charge is 2.30. The number of Topliss-reactive ketones (excluding diaryl/α,β-unsaturated/α-hetero) is 1. The SMILES string of the molecule is Cc1cc(C(=O)COC(=O)C=Cc2cccc(C(F)(F)F)c2)c(C)n1CC1CCCO1. The molecule has 3 rings (SSSR count). The number of ketones is 1. The molecule has 1 unspecified atom stereocenters. The number of nitrogens with zero attached hydrogens (tertiary/aromatic N) is 1. The van der Waals surface area contributed by atoms with Gasteiger partial charge in [-0.25, -0.2) is 4.79 Å². The molecule has 8 heteroatoms. The Kier molecular flexibility index (Phi) is 7.00. The van der Waals surface area contributed by atoms with Crippen LogP contribution in [-0.2, 0) is 27.0 Å². The van der Waals surface area contributed by atoms with Crippen LogP contribution in [0, 0.1) is 13.8 Å². The summed E-state index contributed by atoms with van der Waals surface area (Å²) in [5.41, 5.74) is 1.58. The Morgan fingerprint density at radius 2 is 2.03 bits per heavy atom. The zero-order valence-corrected chi connectivity index (χ0v) is 17.4. The number of esters is 1. The van der Waals surface area contributed by atoms with Gasteiger partial charge >= 0.3 is 12.1 Å². The topological polar surface area (TPSA) is 57.5 Å². The van der Waals surface area contributed by atoms with Crippen molar-refractivity contribution in [1.82, 2.24) is 4.57 Å². The van der Waals surface area contributed by atoms with Crippen LogP contribution in [0.2, 0.25) is 0 Å². The molecule has 2 aromatic rings. The number of hydrogen-bond donors (Lipinski definition) is 0. The molecule has 0 radical (unpaired) electrons. The van der Waals surface area contributed by atoms with E-state index in [9.17, 15) is 22.8 Å². The lowest BCUT2D eigenvalue weighted by molar-refractivity contribution is -0.138. The molecule has 166 valence electrons. The summed E-state index contributed by atoms with van der Waals surface area (Å²) < 4.78 is 50.9. The number of carbonyl (C=O) groups excluding carboxylic acids is 2. The Morgan fingerprint density at radius 1 is 1.26 bits per heavy atom. The summed E-state index contributed by atoms with van der Waals surface area (Å²) in [5, 5.41) is 0. The summed E-state index contributed by atoms with van der Waals surface area (Å²) in [6.07, 6.45) is -0.103. The number of halogens is 3. The predicted molar refractivity (Wildman–Crippen MR) is 109 cm³/mol. The Morgan fingerprint density at radius 3 is 2.71 bits per heavy atom. The zero-order chi connectivity index (χ0) is 22.6. The van der Waals surface area contributed by atoms with Gasteiger partial charge in [-0.3, -0.25) is 4.79 Å². The number of aryl methyl sites for hydroxylation is 1. The highest BCUT2D eigenvalue weighted by Crippen LogP contribution is 2.29. The number of benzene rings is 1. The lowest BCUT2D eigenvalue weighted by Crippen LogP contribution is -2.18. The van der Waals surface area contributed by atoms with E-state index in [1.807, 2.05) is 18.4 Å². The van der Waals surface area contributed by atoms with Crippen LogP contribution in [0.15, 0.2) is 36.4 Å². The van der Waals surface area contributed by atoms with Crippen LogP contribution in [0.5, 0.6) is 0 Å². The molecule has 5 nitrogen and oxygen atoms in total. The second kappa shape index (κ2) is 9.51. The molecule has 1 saturated heterocycles. The number of rotatable bonds is 7. The smallest absolute Gasteiger partial charge is 0.416 e. The summed E-state index contributed by atoms with van der Waals surface area (Å²) in [7, 11) is 0. The molecule has 1 aromatic heterocycles. The first kappa shape index (κ1) is 22.8. The van der Waals surface area contributed by atoms with E-state index >= 15 is 0 Å². The number of alkyl halides is 3. The standard InChI is InChI=1S/C23H24F3NO4/c1-15-11-20(16(2)27(15)13-19-7-4-10-30-19)21(28)14-31-22(29)9-8-17-5-3-6-18(12-17)23(24,25)26/h3,5-6,8-9,11-12,19H,4,7,10,13-14H2,1-2H3. The lowest BCUT2D eigenvalue weighted by Gasteiger charge is -2.14. The number of carbonyl (C=O) groups is 2. The number of aromatic nitrogens is 1. The van der Waals surface area contributed by atoms with Gasteiger partial charge in [-0.05, 0) is 56.5 Å². The molecule has 0 bridgehead atoms. The number of hydrogen-bond acceptors (Lipinski definition) is 4. The second-order valence-electron chi connectivity index (χ2n) is 7.52. The molecular weight excluding hydrogens is 411 g/mol. The van der Waals surface area contributed by atoms with Crippen molar-refractivity contribution in [1.29, 1.82) is 0 Å². The summed E-state index contributed by atoms with van der Waals surface area (Å²) in [5.74, 6) is -1.15. The molecule has 0 spiro atoms. The minimum Gasteiger partial charge on any atom is -0.454 e. The average molecular weight is 435 g/mol. The van der Waals surface area contributed by atoms with Gasteiger partial charge in [0.1, 0.15) is 0 Å². The Bertz CT molecular complexity index is 985. The Hall–Kier alpha value is -2.87. The summed E-state index contributed by atoms with van der Waals surface area (Å²) in [6, 6.07) is 6.33. The van der Waals surface area contributed by atoms with E-state index in [1.54, 1.807) is 6.07 Å². The number of ether oxygens (including phenoxy) is 2. The van der Waals surface area contributed by atoms with Crippen molar-refractivity contribution >= 4 is 17.8 Å². The van der Waals surface area contributed by atoms with E-state index < -0.39 is 24.3 Å². The van der Waals surface area contributed by atoms with Gasteiger partial charge in [-0.1, -0.05) is 12.1 Å². The van der Waals surface area contributed by atoms with E-state index in [4.69, 9.17) is 9.47 Å². The van der Waals surface area contributed by atoms with Crippen LogP contribution in [0.1, 0.15) is 45.7 Å². The maximum absolute atomic E-state index is 12.8. The van der Waals surface area contributed by atoms with Crippen LogP contribution >= 0.6 is 0 Å². The molecule has 1 fully saturated rings. The fourth-order valence-corrected chi connectivity index (χ4v) is 3.60. The third-order valence-electron chi connectivity index (χ3n) is 5.26. The van der Waals surface area contributed by atoms with E-state index in [0.29, 0.717) is 12.1 Å². The molecule has 0 N–H and O–H groups in total. The highest BCUT2D eigenvalue weighted by atomic mass is 19.4. The van der Waals surface area contributed by atoms with Crippen molar-refractivity contribution in [3.8, 4) is 0 Å². The molecule has 1 aromatic carbocycles. The van der Waals surface area contributed by atoms with Crippen molar-refractivity contribution in [3.63, 3.8) is 0 Å². The predicted octanol–water partition coefficient (Wildman–Crippen LogP) is 4.74. The van der Waals surface area contributed by atoms with Crippen LogP contribution in [0.3, 0.4) is 0 Å². The highest BCUT2D eigenvalue weighted by molar-refractivity contribution is 6.00. The van der Waals surface area contributed by atoms with Gasteiger partial charge < -0.3 is 14.0 Å². The second-order valence-corrected chi connectivity index (χ2v) is 7.52. The summed E-state index contributed by atoms with van der Waals surface area (Å²) >= 11 is 0. The summed E-state index contributed by atoms with van der Waals surface area (Å²) in [6.45, 7) is 4.72. The van der Waals surface area contributed by atoms with Gasteiger partial charge in [0.2, 0.25) is 5.78 Å². The van der Waals surface area contributed by atoms with Gasteiger partial charge in [0, 0.05) is 36.2 Å². The van der Waals surface area contributed by atoms with Crippen molar-refractivity contribution in [2.24, 2.45) is 0 Å². The fourth-order valence-electron chi connectivity index (χ4n) is 3.60. The van der Waals surface area contributed by atoms with Crippen LogP contribution < -0.4 is 0 Å². The van der Waals surface area contributed by atoms with Gasteiger partial charge in [0.05, 0.1) is 11.7 Å². The third-order valence-corrected chi connectivity index (χ3v) is 5.26. The molecule has 1 aliphatic heterocycles. The first-order valence-corrected chi connectivity index (χ1v) is 9.99. The summed E-state index contributed by atoms with van der Waals surface area (Å²) in [4.78, 5) is 24.4. The van der Waals surface area contributed by atoms with Crippen molar-refractivity contribution < 1.29 is 32.2 Å².